The van der Waals surface area contributed by atoms with Crippen LogP contribution in [0.5, 0.6) is 0 Å². The lowest BCUT2D eigenvalue weighted by Gasteiger charge is -2.30. The number of amides is 2. The molecule has 1 unspecified atom stereocenters. The standard InChI is InChI=1S/C17H20Cl2N2O3/c18-13-2-1-12(15(19)9-13)11-21-14(3-4-16(21)22)10-17(23)20-5-7-24-8-6-20/h1-2,9,14H,3-8,10-11H2. The Balaban J connectivity index is 1.66. The lowest BCUT2D eigenvalue weighted by molar-refractivity contribution is -0.137. The molecule has 2 fully saturated rings. The maximum Gasteiger partial charge on any atom is 0.224 e. The topological polar surface area (TPSA) is 49.9 Å². The molecule has 2 aliphatic heterocycles. The molecular formula is C17H20Cl2N2O3. The molecule has 3 rings (SSSR count). The highest BCUT2D eigenvalue weighted by molar-refractivity contribution is 6.35. The number of morpholine rings is 1. The van der Waals surface area contributed by atoms with E-state index in [0.29, 0.717) is 62.2 Å². The van der Waals surface area contributed by atoms with Crippen molar-refractivity contribution < 1.29 is 14.3 Å². The van der Waals surface area contributed by atoms with E-state index in [1.165, 1.54) is 0 Å². The molecule has 5 nitrogen and oxygen atoms in total. The van der Waals surface area contributed by atoms with Crippen LogP contribution in [-0.2, 0) is 20.9 Å². The monoisotopic (exact) mass is 370 g/mol. The average Bonchev–Trinajstić information content (AvgIpc) is 2.91. The number of halogens is 2. The Morgan fingerprint density at radius 2 is 2.00 bits per heavy atom. The molecule has 1 atom stereocenters. The predicted octanol–water partition coefficient (Wildman–Crippen LogP) is 2.73. The highest BCUT2D eigenvalue weighted by atomic mass is 35.5. The average molecular weight is 371 g/mol. The summed E-state index contributed by atoms with van der Waals surface area (Å²) in [4.78, 5) is 28.3. The maximum atomic E-state index is 12.5. The number of carbonyl (C=O) groups is 2. The molecule has 0 spiro atoms. The summed E-state index contributed by atoms with van der Waals surface area (Å²) in [5.74, 6) is 0.158. The van der Waals surface area contributed by atoms with Crippen molar-refractivity contribution in [3.63, 3.8) is 0 Å². The van der Waals surface area contributed by atoms with Crippen LogP contribution in [0.15, 0.2) is 18.2 Å². The van der Waals surface area contributed by atoms with Gasteiger partial charge in [-0.25, -0.2) is 0 Å². The van der Waals surface area contributed by atoms with Crippen LogP contribution in [0, 0.1) is 0 Å². The van der Waals surface area contributed by atoms with Crippen LogP contribution in [0.1, 0.15) is 24.8 Å². The van der Waals surface area contributed by atoms with Crippen LogP contribution in [0.3, 0.4) is 0 Å². The largest absolute Gasteiger partial charge is 0.378 e. The lowest BCUT2D eigenvalue weighted by Crippen LogP contribution is -2.43. The van der Waals surface area contributed by atoms with Gasteiger partial charge in [-0.05, 0) is 24.1 Å². The number of carbonyl (C=O) groups excluding carboxylic acids is 2. The van der Waals surface area contributed by atoms with Gasteiger partial charge < -0.3 is 14.5 Å². The van der Waals surface area contributed by atoms with Gasteiger partial charge in [-0.2, -0.15) is 0 Å². The fourth-order valence-electron chi connectivity index (χ4n) is 3.20. The number of likely N-dealkylation sites (tertiary alicyclic amines) is 1. The van der Waals surface area contributed by atoms with E-state index >= 15 is 0 Å². The van der Waals surface area contributed by atoms with Gasteiger partial charge in [0.1, 0.15) is 0 Å². The van der Waals surface area contributed by atoms with Crippen molar-refractivity contribution in [3.8, 4) is 0 Å². The predicted molar refractivity (Wildman–Crippen MR) is 92.1 cm³/mol. The number of benzene rings is 1. The summed E-state index contributed by atoms with van der Waals surface area (Å²) in [6, 6.07) is 5.20. The third-order valence-electron chi connectivity index (χ3n) is 4.58. The molecule has 2 saturated heterocycles. The number of nitrogens with zero attached hydrogens (tertiary/aromatic N) is 2. The molecule has 2 aliphatic rings. The van der Waals surface area contributed by atoms with Gasteiger partial charge in [0.05, 0.1) is 13.2 Å². The van der Waals surface area contributed by atoms with Crippen molar-refractivity contribution in [2.75, 3.05) is 26.3 Å². The summed E-state index contributed by atoms with van der Waals surface area (Å²) in [5, 5.41) is 1.11. The first kappa shape index (κ1) is 17.5. The molecule has 24 heavy (non-hydrogen) atoms. The van der Waals surface area contributed by atoms with Crippen LogP contribution < -0.4 is 0 Å². The minimum Gasteiger partial charge on any atom is -0.378 e. The zero-order valence-electron chi connectivity index (χ0n) is 13.3. The first-order valence-electron chi connectivity index (χ1n) is 8.13. The van der Waals surface area contributed by atoms with E-state index in [-0.39, 0.29) is 17.9 Å². The van der Waals surface area contributed by atoms with Crippen molar-refractivity contribution in [2.24, 2.45) is 0 Å². The fraction of sp³-hybridized carbons (Fsp3) is 0.529. The molecule has 130 valence electrons. The second-order valence-corrected chi connectivity index (χ2v) is 6.99. The second-order valence-electron chi connectivity index (χ2n) is 6.15. The third kappa shape index (κ3) is 4.02. The van der Waals surface area contributed by atoms with Gasteiger partial charge in [0, 0.05) is 48.6 Å². The highest BCUT2D eigenvalue weighted by Gasteiger charge is 2.34. The molecule has 0 bridgehead atoms. The second kappa shape index (κ2) is 7.72. The summed E-state index contributed by atoms with van der Waals surface area (Å²) in [6.45, 7) is 2.83. The normalized spacial score (nSPS) is 21.4. The molecule has 2 heterocycles. The first-order valence-corrected chi connectivity index (χ1v) is 8.89. The van der Waals surface area contributed by atoms with Gasteiger partial charge in [-0.3, -0.25) is 9.59 Å². The third-order valence-corrected chi connectivity index (χ3v) is 5.17. The first-order chi connectivity index (χ1) is 11.5. The molecule has 0 radical (unpaired) electrons. The zero-order valence-corrected chi connectivity index (χ0v) is 14.9. The summed E-state index contributed by atoms with van der Waals surface area (Å²) >= 11 is 12.1. The SMILES string of the molecule is O=C(CC1CCC(=O)N1Cc1ccc(Cl)cc1Cl)N1CCOCC1. The van der Waals surface area contributed by atoms with Crippen molar-refractivity contribution >= 4 is 35.0 Å². The molecule has 2 amide bonds. The minimum atomic E-state index is -0.0698. The van der Waals surface area contributed by atoms with Crippen LogP contribution in [0.4, 0.5) is 0 Å². The van der Waals surface area contributed by atoms with E-state index in [1.807, 2.05) is 11.0 Å². The van der Waals surface area contributed by atoms with Crippen LogP contribution in [0.25, 0.3) is 0 Å². The Morgan fingerprint density at radius 3 is 2.71 bits per heavy atom. The minimum absolute atomic E-state index is 0.0698. The Hall–Kier alpha value is -1.30. The highest BCUT2D eigenvalue weighted by Crippen LogP contribution is 2.28. The van der Waals surface area contributed by atoms with Gasteiger partial charge in [0.2, 0.25) is 11.8 Å². The Bertz CT molecular complexity index is 632. The van der Waals surface area contributed by atoms with Gasteiger partial charge in [0.25, 0.3) is 0 Å². The molecule has 0 aromatic heterocycles. The van der Waals surface area contributed by atoms with Crippen molar-refractivity contribution in [2.45, 2.75) is 31.8 Å². The molecule has 0 N–H and O–H groups in total. The molecule has 1 aromatic rings. The summed E-state index contributed by atoms with van der Waals surface area (Å²) in [5.41, 5.74) is 0.847. The smallest absolute Gasteiger partial charge is 0.224 e. The van der Waals surface area contributed by atoms with Crippen molar-refractivity contribution in [1.82, 2.24) is 9.80 Å². The van der Waals surface area contributed by atoms with E-state index < -0.39 is 0 Å². The summed E-state index contributed by atoms with van der Waals surface area (Å²) in [6.07, 6.45) is 1.54. The van der Waals surface area contributed by atoms with E-state index in [2.05, 4.69) is 0 Å². The molecular weight excluding hydrogens is 351 g/mol. The molecule has 7 heteroatoms. The molecule has 0 saturated carbocycles. The van der Waals surface area contributed by atoms with Gasteiger partial charge in [-0.15, -0.1) is 0 Å². The Morgan fingerprint density at radius 1 is 1.25 bits per heavy atom. The van der Waals surface area contributed by atoms with E-state index in [0.717, 1.165) is 5.56 Å². The number of rotatable bonds is 4. The van der Waals surface area contributed by atoms with E-state index in [1.54, 1.807) is 17.0 Å². The van der Waals surface area contributed by atoms with E-state index in [4.69, 9.17) is 27.9 Å². The maximum absolute atomic E-state index is 12.5. The molecule has 1 aromatic carbocycles. The zero-order chi connectivity index (χ0) is 17.1. The van der Waals surface area contributed by atoms with Gasteiger partial charge in [-0.1, -0.05) is 29.3 Å². The van der Waals surface area contributed by atoms with Crippen molar-refractivity contribution in [1.29, 1.82) is 0 Å². The lowest BCUT2D eigenvalue weighted by atomic mass is 10.1. The molecule has 0 aliphatic carbocycles. The van der Waals surface area contributed by atoms with Crippen LogP contribution in [-0.4, -0.2) is 54.0 Å². The Labute approximate surface area is 151 Å². The Kier molecular flexibility index (Phi) is 5.64. The number of hydrogen-bond acceptors (Lipinski definition) is 3. The number of hydrogen-bond donors (Lipinski definition) is 0. The van der Waals surface area contributed by atoms with Gasteiger partial charge >= 0.3 is 0 Å². The summed E-state index contributed by atoms with van der Waals surface area (Å²) < 4.78 is 5.28. The quantitative estimate of drug-likeness (QED) is 0.818. The fourth-order valence-corrected chi connectivity index (χ4v) is 3.67. The van der Waals surface area contributed by atoms with Crippen molar-refractivity contribution in [3.05, 3.63) is 33.8 Å². The van der Waals surface area contributed by atoms with E-state index in [9.17, 15) is 9.59 Å². The number of ether oxygens (including phenoxy) is 1. The van der Waals surface area contributed by atoms with Crippen LogP contribution >= 0.6 is 23.2 Å². The van der Waals surface area contributed by atoms with Crippen LogP contribution in [0.2, 0.25) is 10.0 Å². The van der Waals surface area contributed by atoms with Gasteiger partial charge in [0.15, 0.2) is 0 Å². The summed E-state index contributed by atoms with van der Waals surface area (Å²) in [7, 11) is 0.